The summed E-state index contributed by atoms with van der Waals surface area (Å²) in [5.41, 5.74) is 48.3. The molecule has 1 aliphatic carbocycles. The number of carbonyl (C=O) groups excluding carboxylic acids is 3. The topological polar surface area (TPSA) is 279 Å². The van der Waals surface area contributed by atoms with Gasteiger partial charge in [-0.15, -0.1) is 0 Å². The van der Waals surface area contributed by atoms with Crippen molar-refractivity contribution in [3.05, 3.63) is 65.2 Å². The van der Waals surface area contributed by atoms with Crippen LogP contribution >= 0.6 is 0 Å². The maximum Gasteiger partial charge on any atom is 0.227 e. The largest absolute Gasteiger partial charge is 0.379 e. The number of amides is 3. The van der Waals surface area contributed by atoms with Crippen LogP contribution < -0.4 is 55.7 Å². The Bertz CT molecular complexity index is 1620. The van der Waals surface area contributed by atoms with Gasteiger partial charge in [-0.1, -0.05) is 42.2 Å². The highest BCUT2D eigenvalue weighted by Crippen LogP contribution is 2.27. The molecule has 16 N–H and O–H groups in total. The number of rotatable bonds is 15. The SMILES string of the molecule is CC(N)C1CC(CNC(=O)CCOCCOCCNC(=O)CCC(=O)N2Cc3ccccc3C#Cc3ccccc32)C(N)C[C@@H](N)C(N)C(N)C(N)CC1N. The van der Waals surface area contributed by atoms with Crippen molar-refractivity contribution >= 4 is 23.4 Å². The van der Waals surface area contributed by atoms with E-state index in [9.17, 15) is 14.4 Å². The molecule has 302 valence electrons. The third-order valence-electron chi connectivity index (χ3n) is 10.6. The summed E-state index contributed by atoms with van der Waals surface area (Å²) < 4.78 is 11.2. The molecule has 8 unspecified atom stereocenters. The summed E-state index contributed by atoms with van der Waals surface area (Å²) in [6.07, 6.45) is 1.71. The second kappa shape index (κ2) is 22.0. The second-order valence-corrected chi connectivity index (χ2v) is 14.8. The van der Waals surface area contributed by atoms with Crippen molar-refractivity contribution in [2.45, 2.75) is 94.3 Å². The first-order valence-electron chi connectivity index (χ1n) is 19.3. The molecule has 2 aromatic rings. The van der Waals surface area contributed by atoms with E-state index >= 15 is 0 Å². The summed E-state index contributed by atoms with van der Waals surface area (Å²) in [5, 5.41) is 5.77. The van der Waals surface area contributed by atoms with Crippen LogP contribution in [0.15, 0.2) is 48.5 Å². The van der Waals surface area contributed by atoms with E-state index < -0.39 is 24.2 Å². The minimum Gasteiger partial charge on any atom is -0.379 e. The lowest BCUT2D eigenvalue weighted by Gasteiger charge is -2.34. The molecule has 0 bridgehead atoms. The number of hydrogen-bond acceptors (Lipinski definition) is 12. The molecule has 9 atom stereocenters. The molecule has 1 heterocycles. The summed E-state index contributed by atoms with van der Waals surface area (Å²) in [4.78, 5) is 40.3. The molecular formula is C40H62N10O5. The van der Waals surface area contributed by atoms with Crippen molar-refractivity contribution in [3.8, 4) is 11.8 Å². The van der Waals surface area contributed by atoms with Gasteiger partial charge in [0.2, 0.25) is 17.7 Å². The maximum absolute atomic E-state index is 13.4. The van der Waals surface area contributed by atoms with Crippen LogP contribution in [-0.4, -0.2) is 99.5 Å². The third-order valence-corrected chi connectivity index (χ3v) is 10.6. The number of benzene rings is 2. The Labute approximate surface area is 325 Å². The third kappa shape index (κ3) is 13.3. The molecule has 1 aliphatic heterocycles. The van der Waals surface area contributed by atoms with E-state index in [-0.39, 0.29) is 86.8 Å². The van der Waals surface area contributed by atoms with E-state index in [1.165, 1.54) is 0 Å². The van der Waals surface area contributed by atoms with Gasteiger partial charge in [0.15, 0.2) is 0 Å². The normalized spacial score (nSPS) is 26.1. The van der Waals surface area contributed by atoms with Crippen LogP contribution in [0.25, 0.3) is 0 Å². The molecule has 0 radical (unpaired) electrons. The van der Waals surface area contributed by atoms with Gasteiger partial charge in [0.1, 0.15) is 0 Å². The highest BCUT2D eigenvalue weighted by molar-refractivity contribution is 5.96. The highest BCUT2D eigenvalue weighted by Gasteiger charge is 2.36. The molecule has 0 spiro atoms. The van der Waals surface area contributed by atoms with Gasteiger partial charge in [-0.3, -0.25) is 14.4 Å². The van der Waals surface area contributed by atoms with E-state index in [0.29, 0.717) is 45.5 Å². The fourth-order valence-electron chi connectivity index (χ4n) is 7.15. The average molecular weight is 763 g/mol. The highest BCUT2D eigenvalue weighted by atomic mass is 16.5. The van der Waals surface area contributed by atoms with E-state index in [0.717, 1.165) is 22.4 Å². The predicted molar refractivity (Wildman–Crippen MR) is 214 cm³/mol. The van der Waals surface area contributed by atoms with Crippen molar-refractivity contribution in [1.29, 1.82) is 0 Å². The van der Waals surface area contributed by atoms with Gasteiger partial charge in [-0.2, -0.15) is 0 Å². The van der Waals surface area contributed by atoms with E-state index in [1.54, 1.807) is 4.90 Å². The Morgan fingerprint density at radius 1 is 0.727 bits per heavy atom. The zero-order chi connectivity index (χ0) is 39.9. The number of nitrogens with zero attached hydrogens (tertiary/aromatic N) is 1. The standard InChI is InChI=1S/C40H62N10O5/c1-25(41)30-20-29(31(42)21-33(44)39(46)40(47)34(45)22-32(30)43)23-49-37(52)14-16-54-18-19-55-17-15-48-36(51)12-13-38(53)50-24-28-8-3-2-6-26(28)10-11-27-7-4-5-9-35(27)50/h2-9,25,29-34,39-40H,12-24,41-47H2,1H3,(H,48,51)(H,49,52)/t25?,29?,30?,31?,32?,33-,34?,39?,40?/m1/s1. The van der Waals surface area contributed by atoms with Crippen LogP contribution in [-0.2, 0) is 30.4 Å². The predicted octanol–water partition coefficient (Wildman–Crippen LogP) is -0.904. The van der Waals surface area contributed by atoms with Gasteiger partial charge in [0.05, 0.1) is 38.7 Å². The molecule has 1 fully saturated rings. The molecule has 2 aromatic carbocycles. The van der Waals surface area contributed by atoms with Crippen LogP contribution in [0.3, 0.4) is 0 Å². The Morgan fingerprint density at radius 2 is 1.33 bits per heavy atom. The molecule has 3 amide bonds. The van der Waals surface area contributed by atoms with E-state index in [2.05, 4.69) is 22.5 Å². The Hall–Kier alpha value is -3.95. The molecule has 0 saturated heterocycles. The number of anilines is 1. The van der Waals surface area contributed by atoms with Crippen LogP contribution in [0.4, 0.5) is 5.69 Å². The summed E-state index contributed by atoms with van der Waals surface area (Å²) in [6.45, 7) is 3.96. The molecule has 0 aromatic heterocycles. The van der Waals surface area contributed by atoms with Crippen molar-refractivity contribution < 1.29 is 23.9 Å². The van der Waals surface area contributed by atoms with Gasteiger partial charge in [-0.25, -0.2) is 0 Å². The first-order valence-corrected chi connectivity index (χ1v) is 19.3. The lowest BCUT2D eigenvalue weighted by atomic mass is 9.79. The summed E-state index contributed by atoms with van der Waals surface area (Å²) in [7, 11) is 0. The van der Waals surface area contributed by atoms with Gasteiger partial charge < -0.3 is 65.1 Å². The van der Waals surface area contributed by atoms with Crippen LogP contribution in [0.2, 0.25) is 0 Å². The number of nitrogens with two attached hydrogens (primary N) is 7. The van der Waals surface area contributed by atoms with Gasteiger partial charge in [0, 0.05) is 85.8 Å². The Morgan fingerprint density at radius 3 is 2.04 bits per heavy atom. The minimum absolute atomic E-state index is 0.0497. The fraction of sp³-hybridized carbons (Fsp3) is 0.575. The van der Waals surface area contributed by atoms with E-state index in [1.807, 2.05) is 55.5 Å². The molecule has 15 nitrogen and oxygen atoms in total. The zero-order valence-corrected chi connectivity index (χ0v) is 32.0. The lowest BCUT2D eigenvalue weighted by molar-refractivity contribution is -0.125. The minimum atomic E-state index is -0.549. The zero-order valence-electron chi connectivity index (χ0n) is 32.0. The second-order valence-electron chi connectivity index (χ2n) is 14.8. The summed E-state index contributed by atoms with van der Waals surface area (Å²) in [6, 6.07) is 12.4. The van der Waals surface area contributed by atoms with Crippen molar-refractivity contribution in [3.63, 3.8) is 0 Å². The van der Waals surface area contributed by atoms with Crippen LogP contribution in [0, 0.1) is 23.7 Å². The molecule has 55 heavy (non-hydrogen) atoms. The smallest absolute Gasteiger partial charge is 0.227 e. The monoisotopic (exact) mass is 762 g/mol. The van der Waals surface area contributed by atoms with Gasteiger partial charge in [-0.05, 0) is 61.8 Å². The molecule has 15 heteroatoms. The first-order chi connectivity index (χ1) is 26.3. The van der Waals surface area contributed by atoms with Gasteiger partial charge in [0.25, 0.3) is 0 Å². The van der Waals surface area contributed by atoms with E-state index in [4.69, 9.17) is 49.6 Å². The van der Waals surface area contributed by atoms with Gasteiger partial charge >= 0.3 is 0 Å². The maximum atomic E-state index is 13.4. The summed E-state index contributed by atoms with van der Waals surface area (Å²) >= 11 is 0. The fourth-order valence-corrected chi connectivity index (χ4v) is 7.15. The van der Waals surface area contributed by atoms with Crippen molar-refractivity contribution in [2.24, 2.45) is 52.0 Å². The van der Waals surface area contributed by atoms with Crippen LogP contribution in [0.1, 0.15) is 62.1 Å². The molecule has 4 rings (SSSR count). The molecule has 2 aliphatic rings. The van der Waals surface area contributed by atoms with Crippen molar-refractivity contribution in [2.75, 3.05) is 44.4 Å². The van der Waals surface area contributed by atoms with Crippen molar-refractivity contribution in [1.82, 2.24) is 10.6 Å². The quantitative estimate of drug-likeness (QED) is 0.0789. The summed E-state index contributed by atoms with van der Waals surface area (Å²) in [5.74, 6) is 5.59. The number of ether oxygens (including phenoxy) is 2. The van der Waals surface area contributed by atoms with Crippen LogP contribution in [0.5, 0.6) is 0 Å². The molecule has 1 saturated carbocycles. The molecular weight excluding hydrogens is 701 g/mol. The average Bonchev–Trinajstić information content (AvgIpc) is 3.16. The number of hydrogen-bond donors (Lipinski definition) is 9. The number of nitrogens with one attached hydrogen (secondary N) is 2. The first kappa shape index (κ1) is 43.8. The number of para-hydroxylation sites is 1. The number of fused-ring (bicyclic) bond motifs is 2. The Balaban J connectivity index is 1.10. The lowest BCUT2D eigenvalue weighted by Crippen LogP contribution is -2.61. The number of carbonyl (C=O) groups is 3. The Kier molecular flexibility index (Phi) is 17.5.